The molecule has 0 fully saturated rings. The summed E-state index contributed by atoms with van der Waals surface area (Å²) in [5, 5.41) is 8.87. The van der Waals surface area contributed by atoms with Crippen molar-refractivity contribution in [3.63, 3.8) is 0 Å². The van der Waals surface area contributed by atoms with E-state index >= 15 is 0 Å². The zero-order valence-corrected chi connectivity index (χ0v) is 22.9. The summed E-state index contributed by atoms with van der Waals surface area (Å²) < 4.78 is 21.9. The number of methoxy groups -OCH3 is 1. The van der Waals surface area contributed by atoms with Crippen LogP contribution in [0.3, 0.4) is 0 Å². The van der Waals surface area contributed by atoms with E-state index in [9.17, 15) is 4.79 Å². The van der Waals surface area contributed by atoms with Crippen LogP contribution in [0.25, 0.3) is 18.2 Å². The zero-order valence-electron chi connectivity index (χ0n) is 22.9. The first-order chi connectivity index (χ1) is 18.8. The Morgan fingerprint density at radius 3 is 1.85 bits per heavy atom. The van der Waals surface area contributed by atoms with E-state index in [1.165, 1.54) is 0 Å². The Bertz CT molecular complexity index is 1250. The van der Waals surface area contributed by atoms with Gasteiger partial charge in [-0.05, 0) is 66.4 Å². The van der Waals surface area contributed by atoms with E-state index in [1.54, 1.807) is 25.3 Å². The van der Waals surface area contributed by atoms with Crippen LogP contribution in [0, 0.1) is 0 Å². The molecular formula is C33H36O6. The van der Waals surface area contributed by atoms with E-state index in [0.29, 0.717) is 12.2 Å². The van der Waals surface area contributed by atoms with Gasteiger partial charge < -0.3 is 24.1 Å². The lowest BCUT2D eigenvalue weighted by molar-refractivity contribution is -0.0548. The highest BCUT2D eigenvalue weighted by Crippen LogP contribution is 2.21. The highest BCUT2D eigenvalue weighted by molar-refractivity contribution is 5.65. The highest BCUT2D eigenvalue weighted by Gasteiger charge is 2.25. The summed E-state index contributed by atoms with van der Waals surface area (Å²) in [4.78, 5) is 12.4. The van der Waals surface area contributed by atoms with Crippen LogP contribution in [-0.4, -0.2) is 30.3 Å². The fraction of sp³-hybridized carbons (Fsp3) is 0.242. The Morgan fingerprint density at radius 2 is 1.33 bits per heavy atom. The Kier molecular flexibility index (Phi) is 11.0. The third-order valence-corrected chi connectivity index (χ3v) is 5.75. The molecule has 1 unspecified atom stereocenters. The number of allylic oxidation sites excluding steroid dienone is 2. The standard InChI is InChI=1S/C33H36O6/c1-5-31(36-4)37-29-18-14-25(15-19-29)8-6-7-9-26-16-20-30(21-17-26)38-32(35)39-33(2,3)24-28-12-10-27(11-13-28)22-23-34/h6-23,31,34H,5,24H2,1-4H3. The van der Waals surface area contributed by atoms with Crippen LogP contribution in [0.1, 0.15) is 49.4 Å². The summed E-state index contributed by atoms with van der Waals surface area (Å²) in [5.74, 6) is 1.18. The smallest absolute Gasteiger partial charge is 0.514 e. The van der Waals surface area contributed by atoms with Gasteiger partial charge in [-0.2, -0.15) is 0 Å². The Balaban J connectivity index is 1.47. The first-order valence-electron chi connectivity index (χ1n) is 12.8. The minimum atomic E-state index is -0.755. The van der Waals surface area contributed by atoms with Crippen molar-refractivity contribution in [3.05, 3.63) is 113 Å². The van der Waals surface area contributed by atoms with Crippen molar-refractivity contribution < 1.29 is 28.8 Å². The van der Waals surface area contributed by atoms with Crippen molar-refractivity contribution in [1.29, 1.82) is 0 Å². The van der Waals surface area contributed by atoms with Gasteiger partial charge in [-0.3, -0.25) is 0 Å². The maximum atomic E-state index is 12.4. The van der Waals surface area contributed by atoms with Crippen molar-refractivity contribution in [2.75, 3.05) is 7.11 Å². The first kappa shape index (κ1) is 29.3. The predicted octanol–water partition coefficient (Wildman–Crippen LogP) is 8.24. The normalized spacial score (nSPS) is 12.7. The summed E-state index contributed by atoms with van der Waals surface area (Å²) in [6.07, 6.45) is 10.8. The molecule has 3 aromatic rings. The van der Waals surface area contributed by atoms with Gasteiger partial charge in [0.2, 0.25) is 0 Å². The summed E-state index contributed by atoms with van der Waals surface area (Å²) >= 11 is 0. The van der Waals surface area contributed by atoms with E-state index in [2.05, 4.69) is 0 Å². The second kappa shape index (κ2) is 14.6. The largest absolute Gasteiger partial charge is 0.516 e. The van der Waals surface area contributed by atoms with Gasteiger partial charge in [-0.15, -0.1) is 0 Å². The number of ether oxygens (including phenoxy) is 4. The highest BCUT2D eigenvalue weighted by atomic mass is 16.7. The van der Waals surface area contributed by atoms with Crippen LogP contribution in [0.5, 0.6) is 11.5 Å². The monoisotopic (exact) mass is 528 g/mol. The molecule has 0 bridgehead atoms. The molecule has 6 nitrogen and oxygen atoms in total. The van der Waals surface area contributed by atoms with Gasteiger partial charge in [-0.1, -0.05) is 79.8 Å². The molecule has 204 valence electrons. The van der Waals surface area contributed by atoms with Gasteiger partial charge in [-0.25, -0.2) is 4.79 Å². The van der Waals surface area contributed by atoms with Crippen LogP contribution < -0.4 is 9.47 Å². The van der Waals surface area contributed by atoms with Crippen LogP contribution in [0.15, 0.2) is 91.2 Å². The molecule has 3 rings (SSSR count). The van der Waals surface area contributed by atoms with Crippen LogP contribution in [0.2, 0.25) is 0 Å². The number of carbonyl (C=O) groups is 1. The van der Waals surface area contributed by atoms with Crippen molar-refractivity contribution >= 4 is 24.4 Å². The molecule has 0 radical (unpaired) electrons. The van der Waals surface area contributed by atoms with Gasteiger partial charge in [0.05, 0.1) is 6.26 Å². The number of hydrogen-bond acceptors (Lipinski definition) is 6. The number of hydrogen-bond donors (Lipinski definition) is 1. The Hall–Kier alpha value is -4.29. The molecule has 6 heteroatoms. The number of aliphatic hydroxyl groups is 1. The van der Waals surface area contributed by atoms with Gasteiger partial charge in [0.1, 0.15) is 17.1 Å². The summed E-state index contributed by atoms with van der Waals surface area (Å²) in [5.41, 5.74) is 3.16. The molecule has 0 heterocycles. The summed E-state index contributed by atoms with van der Waals surface area (Å²) in [6.45, 7) is 5.68. The minimum absolute atomic E-state index is 0.242. The van der Waals surface area contributed by atoms with E-state index in [-0.39, 0.29) is 6.29 Å². The molecule has 39 heavy (non-hydrogen) atoms. The molecule has 0 aromatic heterocycles. The van der Waals surface area contributed by atoms with Crippen molar-refractivity contribution in [2.24, 2.45) is 0 Å². The average molecular weight is 529 g/mol. The van der Waals surface area contributed by atoms with Gasteiger partial charge in [0.25, 0.3) is 0 Å². The van der Waals surface area contributed by atoms with Gasteiger partial charge >= 0.3 is 6.16 Å². The summed E-state index contributed by atoms with van der Waals surface area (Å²) in [6, 6.07) is 22.7. The van der Waals surface area contributed by atoms with Crippen molar-refractivity contribution in [3.8, 4) is 11.5 Å². The topological polar surface area (TPSA) is 74.2 Å². The van der Waals surface area contributed by atoms with E-state index in [0.717, 1.165) is 40.7 Å². The molecule has 0 aliphatic rings. The predicted molar refractivity (Wildman–Crippen MR) is 156 cm³/mol. The second-order valence-electron chi connectivity index (χ2n) is 9.50. The number of carbonyl (C=O) groups excluding carboxylic acids is 1. The molecule has 0 spiro atoms. The number of rotatable bonds is 12. The van der Waals surface area contributed by atoms with Crippen LogP contribution >= 0.6 is 0 Å². The lowest BCUT2D eigenvalue weighted by Gasteiger charge is -2.24. The fourth-order valence-corrected chi connectivity index (χ4v) is 3.79. The Labute approximate surface area is 230 Å². The lowest BCUT2D eigenvalue weighted by Crippen LogP contribution is -2.32. The van der Waals surface area contributed by atoms with E-state index < -0.39 is 11.8 Å². The molecule has 3 aromatic carbocycles. The first-order valence-corrected chi connectivity index (χ1v) is 12.8. The molecule has 1 atom stereocenters. The number of aliphatic hydroxyl groups excluding tert-OH is 1. The van der Waals surface area contributed by atoms with Crippen molar-refractivity contribution in [2.45, 2.75) is 45.5 Å². The molecule has 0 amide bonds. The molecule has 1 N–H and O–H groups in total. The van der Waals surface area contributed by atoms with Crippen LogP contribution in [0.4, 0.5) is 4.79 Å². The third kappa shape index (κ3) is 10.2. The maximum absolute atomic E-state index is 12.4. The lowest BCUT2D eigenvalue weighted by atomic mass is 9.97. The maximum Gasteiger partial charge on any atom is 0.514 e. The molecule has 0 aliphatic heterocycles. The van der Waals surface area contributed by atoms with Gasteiger partial charge in [0, 0.05) is 20.0 Å². The number of benzene rings is 3. The quantitative estimate of drug-likeness (QED) is 0.0839. The minimum Gasteiger partial charge on any atom is -0.516 e. The average Bonchev–Trinajstić information content (AvgIpc) is 2.92. The van der Waals surface area contributed by atoms with Crippen molar-refractivity contribution in [1.82, 2.24) is 0 Å². The molecule has 0 saturated carbocycles. The van der Waals surface area contributed by atoms with E-state index in [4.69, 9.17) is 24.1 Å². The zero-order chi connectivity index (χ0) is 28.1. The SMILES string of the molecule is CCC(OC)Oc1ccc(C=CC=Cc2ccc(OC(=O)OC(C)(C)Cc3ccc(C=CO)cc3)cc2)cc1. The van der Waals surface area contributed by atoms with Gasteiger partial charge in [0.15, 0.2) is 6.29 Å². The third-order valence-electron chi connectivity index (χ3n) is 5.75. The summed E-state index contributed by atoms with van der Waals surface area (Å²) in [7, 11) is 1.64. The Morgan fingerprint density at radius 1 is 0.821 bits per heavy atom. The van der Waals surface area contributed by atoms with Crippen LogP contribution in [-0.2, 0) is 15.9 Å². The fourth-order valence-electron chi connectivity index (χ4n) is 3.79. The second-order valence-corrected chi connectivity index (χ2v) is 9.50. The molecule has 0 aliphatic carbocycles. The molecular weight excluding hydrogens is 492 g/mol. The molecule has 0 saturated heterocycles. The van der Waals surface area contributed by atoms with E-state index in [1.807, 2.05) is 106 Å².